The highest BCUT2D eigenvalue weighted by Gasteiger charge is 2.11. The third-order valence-electron chi connectivity index (χ3n) is 6.29. The van der Waals surface area contributed by atoms with Crippen LogP contribution < -0.4 is 5.73 Å². The lowest BCUT2D eigenvalue weighted by Gasteiger charge is -2.11. The largest absolute Gasteiger partial charge is 0.390 e. The molecule has 3 N–H and O–H groups in total. The lowest BCUT2D eigenvalue weighted by Crippen LogP contribution is -2.18. The number of aliphatic hydroxyl groups is 1. The molecule has 0 spiro atoms. The van der Waals surface area contributed by atoms with E-state index in [4.69, 9.17) is 5.73 Å². The highest BCUT2D eigenvalue weighted by molar-refractivity contribution is 7.99. The minimum atomic E-state index is -0.412. The van der Waals surface area contributed by atoms with E-state index >= 15 is 0 Å². The minimum Gasteiger partial charge on any atom is -0.390 e. The lowest BCUT2D eigenvalue weighted by atomic mass is 10.0. The standard InChI is InChI=1S/C26H47N5OS/c1-2-3-4-5-6-7-8-9-10-11-12-13-14-15-16-17-18-33-20-23(32)19-31-22-30-24-25(27)28-21-29-26(24)31/h21-23,32H,2-20H2,1H3,(H2,27,28,29). The summed E-state index contributed by atoms with van der Waals surface area (Å²) < 4.78 is 1.85. The van der Waals surface area contributed by atoms with E-state index in [1.54, 1.807) is 6.33 Å². The Morgan fingerprint density at radius 3 is 1.94 bits per heavy atom. The van der Waals surface area contributed by atoms with Crippen LogP contribution in [0, 0.1) is 0 Å². The van der Waals surface area contributed by atoms with Crippen molar-refractivity contribution in [1.82, 2.24) is 19.5 Å². The van der Waals surface area contributed by atoms with Crippen LogP contribution in [-0.2, 0) is 6.54 Å². The predicted octanol–water partition coefficient (Wildman–Crippen LogP) is 6.76. The van der Waals surface area contributed by atoms with Crippen molar-refractivity contribution in [3.8, 4) is 0 Å². The van der Waals surface area contributed by atoms with Crippen LogP contribution in [0.5, 0.6) is 0 Å². The van der Waals surface area contributed by atoms with Gasteiger partial charge in [-0.05, 0) is 12.2 Å². The predicted molar refractivity (Wildman–Crippen MR) is 143 cm³/mol. The maximum atomic E-state index is 10.3. The first-order chi connectivity index (χ1) is 16.2. The molecule has 1 atom stereocenters. The van der Waals surface area contributed by atoms with Crippen molar-refractivity contribution in [2.45, 2.75) is 122 Å². The van der Waals surface area contributed by atoms with Crippen molar-refractivity contribution in [3.05, 3.63) is 12.7 Å². The summed E-state index contributed by atoms with van der Waals surface area (Å²) in [6, 6.07) is 0. The molecule has 188 valence electrons. The molecule has 0 radical (unpaired) electrons. The van der Waals surface area contributed by atoms with Crippen LogP contribution in [0.2, 0.25) is 0 Å². The number of thioether (sulfide) groups is 1. The van der Waals surface area contributed by atoms with Crippen molar-refractivity contribution in [3.63, 3.8) is 0 Å². The summed E-state index contributed by atoms with van der Waals surface area (Å²) in [5.41, 5.74) is 7.10. The number of aromatic nitrogens is 4. The SMILES string of the molecule is CCCCCCCCCCCCCCCCCCSCC(O)Cn1cnc2c(N)ncnc21. The molecule has 2 aromatic heterocycles. The molecule has 0 saturated carbocycles. The maximum Gasteiger partial charge on any atom is 0.165 e. The summed E-state index contributed by atoms with van der Waals surface area (Å²) in [6.45, 7) is 2.77. The number of unbranched alkanes of at least 4 members (excludes halogenated alkanes) is 15. The topological polar surface area (TPSA) is 89.8 Å². The Morgan fingerprint density at radius 1 is 0.818 bits per heavy atom. The van der Waals surface area contributed by atoms with Crippen molar-refractivity contribution in [2.75, 3.05) is 17.2 Å². The molecule has 0 fully saturated rings. The van der Waals surface area contributed by atoms with Crippen LogP contribution in [0.4, 0.5) is 5.82 Å². The van der Waals surface area contributed by atoms with E-state index in [1.807, 2.05) is 16.3 Å². The molecule has 7 heteroatoms. The van der Waals surface area contributed by atoms with Gasteiger partial charge in [0.05, 0.1) is 19.0 Å². The average Bonchev–Trinajstić information content (AvgIpc) is 3.22. The zero-order chi connectivity index (χ0) is 23.6. The average molecular weight is 478 g/mol. The Hall–Kier alpha value is -1.34. The van der Waals surface area contributed by atoms with Crippen molar-refractivity contribution in [2.24, 2.45) is 0 Å². The molecule has 0 aliphatic heterocycles. The van der Waals surface area contributed by atoms with Gasteiger partial charge in [0.1, 0.15) is 11.8 Å². The van der Waals surface area contributed by atoms with Gasteiger partial charge in [-0.1, -0.05) is 103 Å². The summed E-state index contributed by atoms with van der Waals surface area (Å²) in [6.07, 6.45) is 25.1. The van der Waals surface area contributed by atoms with Crippen LogP contribution in [0.3, 0.4) is 0 Å². The molecular formula is C26H47N5OS. The van der Waals surface area contributed by atoms with E-state index in [0.717, 1.165) is 11.5 Å². The van der Waals surface area contributed by atoms with Gasteiger partial charge in [-0.15, -0.1) is 0 Å². The van der Waals surface area contributed by atoms with Crippen LogP contribution in [-0.4, -0.2) is 42.2 Å². The van der Waals surface area contributed by atoms with Crippen molar-refractivity contribution < 1.29 is 5.11 Å². The molecule has 0 aliphatic rings. The zero-order valence-electron chi connectivity index (χ0n) is 20.9. The Balaban J connectivity index is 1.34. The first kappa shape index (κ1) is 27.9. The van der Waals surface area contributed by atoms with Gasteiger partial charge >= 0.3 is 0 Å². The second kappa shape index (κ2) is 18.0. The van der Waals surface area contributed by atoms with E-state index in [1.165, 1.54) is 109 Å². The molecule has 0 aliphatic carbocycles. The zero-order valence-corrected chi connectivity index (χ0v) is 21.7. The van der Waals surface area contributed by atoms with Crippen LogP contribution >= 0.6 is 11.8 Å². The first-order valence-electron chi connectivity index (χ1n) is 13.4. The van der Waals surface area contributed by atoms with Gasteiger partial charge in [0.15, 0.2) is 11.5 Å². The summed E-state index contributed by atoms with van der Waals surface area (Å²) in [4.78, 5) is 12.4. The number of aliphatic hydroxyl groups excluding tert-OH is 1. The molecular weight excluding hydrogens is 430 g/mol. The molecule has 0 bridgehead atoms. The molecule has 0 saturated heterocycles. The maximum absolute atomic E-state index is 10.3. The highest BCUT2D eigenvalue weighted by Crippen LogP contribution is 2.17. The van der Waals surface area contributed by atoms with Gasteiger partial charge in [0.25, 0.3) is 0 Å². The van der Waals surface area contributed by atoms with Crippen molar-refractivity contribution >= 4 is 28.7 Å². The number of nitrogens with two attached hydrogens (primary N) is 1. The second-order valence-electron chi connectivity index (χ2n) is 9.36. The fourth-order valence-corrected chi connectivity index (χ4v) is 5.24. The van der Waals surface area contributed by atoms with Gasteiger partial charge < -0.3 is 15.4 Å². The van der Waals surface area contributed by atoms with Gasteiger partial charge in [0.2, 0.25) is 0 Å². The fourth-order valence-electron chi connectivity index (χ4n) is 4.28. The van der Waals surface area contributed by atoms with E-state index < -0.39 is 6.10 Å². The minimum absolute atomic E-state index is 0.381. The third-order valence-corrected chi connectivity index (χ3v) is 7.49. The number of imidazole rings is 1. The van der Waals surface area contributed by atoms with Gasteiger partial charge in [-0.25, -0.2) is 15.0 Å². The molecule has 0 aromatic carbocycles. The van der Waals surface area contributed by atoms with E-state index in [2.05, 4.69) is 21.9 Å². The number of rotatable bonds is 21. The number of anilines is 1. The molecule has 6 nitrogen and oxygen atoms in total. The molecule has 2 heterocycles. The summed E-state index contributed by atoms with van der Waals surface area (Å²) in [7, 11) is 0. The Kier molecular flexibility index (Phi) is 15.3. The lowest BCUT2D eigenvalue weighted by molar-refractivity contribution is 0.179. The Labute approximate surface area is 205 Å². The number of nitrogens with zero attached hydrogens (tertiary/aromatic N) is 4. The van der Waals surface area contributed by atoms with Crippen LogP contribution in [0.25, 0.3) is 11.2 Å². The monoisotopic (exact) mass is 477 g/mol. The summed E-state index contributed by atoms with van der Waals surface area (Å²) in [5, 5.41) is 10.3. The van der Waals surface area contributed by atoms with Gasteiger partial charge in [-0.3, -0.25) is 0 Å². The smallest absolute Gasteiger partial charge is 0.165 e. The summed E-state index contributed by atoms with van der Waals surface area (Å²) >= 11 is 1.84. The van der Waals surface area contributed by atoms with E-state index in [9.17, 15) is 5.11 Å². The number of hydrogen-bond donors (Lipinski definition) is 2. The molecule has 2 aromatic rings. The van der Waals surface area contributed by atoms with Crippen LogP contribution in [0.15, 0.2) is 12.7 Å². The third kappa shape index (κ3) is 12.1. The quantitative estimate of drug-likeness (QED) is 0.193. The Morgan fingerprint density at radius 2 is 1.36 bits per heavy atom. The Bertz CT molecular complexity index is 739. The van der Waals surface area contributed by atoms with Crippen molar-refractivity contribution in [1.29, 1.82) is 0 Å². The van der Waals surface area contributed by atoms with Gasteiger partial charge in [-0.2, -0.15) is 11.8 Å². The number of hydrogen-bond acceptors (Lipinski definition) is 6. The fraction of sp³-hybridized carbons (Fsp3) is 0.808. The summed E-state index contributed by atoms with van der Waals surface area (Å²) in [5.74, 6) is 2.24. The van der Waals surface area contributed by atoms with Gasteiger partial charge in [0, 0.05) is 5.75 Å². The number of nitrogen functional groups attached to an aromatic ring is 1. The second-order valence-corrected chi connectivity index (χ2v) is 10.5. The molecule has 0 amide bonds. The van der Waals surface area contributed by atoms with E-state index in [0.29, 0.717) is 23.5 Å². The molecule has 33 heavy (non-hydrogen) atoms. The first-order valence-corrected chi connectivity index (χ1v) is 14.5. The molecule has 1 unspecified atom stereocenters. The molecule has 2 rings (SSSR count). The number of fused-ring (bicyclic) bond motifs is 1. The normalized spacial score (nSPS) is 12.5. The van der Waals surface area contributed by atoms with E-state index in [-0.39, 0.29) is 0 Å². The highest BCUT2D eigenvalue weighted by atomic mass is 32.2. The van der Waals surface area contributed by atoms with Crippen LogP contribution in [0.1, 0.15) is 110 Å².